The van der Waals surface area contributed by atoms with Crippen LogP contribution in [0.4, 0.5) is 0 Å². The molecule has 2 rings (SSSR count). The summed E-state index contributed by atoms with van der Waals surface area (Å²) in [6.07, 6.45) is 7.97. The molecule has 2 fully saturated rings. The Labute approximate surface area is 76.6 Å². The maximum Gasteiger partial charge on any atom is 0.0679 e. The fraction of sp³-hybridized carbons (Fsp3) is 1.00. The Kier molecular flexibility index (Phi) is 2.52. The lowest BCUT2D eigenvalue weighted by molar-refractivity contribution is 0.0296. The summed E-state index contributed by atoms with van der Waals surface area (Å²) >= 11 is 3.48. The molecule has 1 saturated carbocycles. The summed E-state index contributed by atoms with van der Waals surface area (Å²) in [5.41, 5.74) is 0. The van der Waals surface area contributed by atoms with E-state index in [4.69, 9.17) is 4.74 Å². The normalized spacial score (nSPS) is 43.9. The summed E-state index contributed by atoms with van der Waals surface area (Å²) in [4.78, 5) is 0. The predicted octanol–water partition coefficient (Wildman–Crippen LogP) is 2.73. The highest BCUT2D eigenvalue weighted by molar-refractivity contribution is 9.09. The quantitative estimate of drug-likeness (QED) is 0.616. The van der Waals surface area contributed by atoms with Gasteiger partial charge in [0.1, 0.15) is 0 Å². The maximum absolute atomic E-state index is 5.87. The Morgan fingerprint density at radius 2 is 2.09 bits per heavy atom. The van der Waals surface area contributed by atoms with Gasteiger partial charge in [-0.3, -0.25) is 0 Å². The van der Waals surface area contributed by atoms with Gasteiger partial charge in [-0.2, -0.15) is 0 Å². The second-order valence-electron chi connectivity index (χ2n) is 3.73. The fourth-order valence-electron chi connectivity index (χ4n) is 2.36. The van der Waals surface area contributed by atoms with Crippen LogP contribution in [0.2, 0.25) is 0 Å². The van der Waals surface area contributed by atoms with Crippen LogP contribution < -0.4 is 0 Å². The molecule has 0 bridgehead atoms. The number of rotatable bonds is 1. The fourth-order valence-corrected chi connectivity index (χ4v) is 2.78. The van der Waals surface area contributed by atoms with E-state index in [2.05, 4.69) is 15.9 Å². The van der Waals surface area contributed by atoms with Crippen molar-refractivity contribution in [3.8, 4) is 0 Å². The lowest BCUT2D eigenvalue weighted by atomic mass is 9.86. The minimum Gasteiger partial charge on any atom is -0.374 e. The predicted molar refractivity (Wildman–Crippen MR) is 49.0 cm³/mol. The van der Waals surface area contributed by atoms with Crippen molar-refractivity contribution in [1.29, 1.82) is 0 Å². The number of alkyl halides is 1. The van der Waals surface area contributed by atoms with Crippen molar-refractivity contribution in [2.24, 2.45) is 5.92 Å². The van der Waals surface area contributed by atoms with Crippen molar-refractivity contribution in [2.45, 2.75) is 44.3 Å². The van der Waals surface area contributed by atoms with Crippen LogP contribution in [0, 0.1) is 5.92 Å². The molecule has 64 valence electrons. The summed E-state index contributed by atoms with van der Waals surface area (Å²) < 4.78 is 5.87. The van der Waals surface area contributed by atoms with Crippen LogP contribution in [0.1, 0.15) is 32.1 Å². The van der Waals surface area contributed by atoms with Crippen LogP contribution in [0.25, 0.3) is 0 Å². The Morgan fingerprint density at radius 3 is 2.82 bits per heavy atom. The molecule has 1 saturated heterocycles. The molecule has 2 heteroatoms. The van der Waals surface area contributed by atoms with Gasteiger partial charge in [-0.1, -0.05) is 28.8 Å². The van der Waals surface area contributed by atoms with Crippen LogP contribution >= 0.6 is 15.9 Å². The van der Waals surface area contributed by atoms with Crippen molar-refractivity contribution in [3.63, 3.8) is 0 Å². The highest BCUT2D eigenvalue weighted by Crippen LogP contribution is 2.37. The van der Waals surface area contributed by atoms with E-state index < -0.39 is 0 Å². The van der Waals surface area contributed by atoms with Crippen LogP contribution in [0.3, 0.4) is 0 Å². The summed E-state index contributed by atoms with van der Waals surface area (Å²) in [5.74, 6) is 0.895. The van der Waals surface area contributed by atoms with E-state index in [1.807, 2.05) is 0 Å². The molecule has 11 heavy (non-hydrogen) atoms. The first-order chi connectivity index (χ1) is 5.40. The van der Waals surface area contributed by atoms with Gasteiger partial charge < -0.3 is 4.74 Å². The van der Waals surface area contributed by atoms with Gasteiger partial charge in [0, 0.05) is 5.33 Å². The first-order valence-corrected chi connectivity index (χ1v) is 5.73. The molecule has 0 amide bonds. The van der Waals surface area contributed by atoms with Crippen molar-refractivity contribution in [1.82, 2.24) is 0 Å². The smallest absolute Gasteiger partial charge is 0.0679 e. The van der Waals surface area contributed by atoms with Crippen LogP contribution in [0.5, 0.6) is 0 Å². The second kappa shape index (κ2) is 3.44. The molecular weight excluding hydrogens is 204 g/mol. The van der Waals surface area contributed by atoms with E-state index >= 15 is 0 Å². The zero-order valence-electron chi connectivity index (χ0n) is 6.76. The molecule has 3 atom stereocenters. The van der Waals surface area contributed by atoms with Crippen molar-refractivity contribution in [3.05, 3.63) is 0 Å². The van der Waals surface area contributed by atoms with E-state index in [1.54, 1.807) is 0 Å². The number of ether oxygens (including phenoxy) is 1. The summed E-state index contributed by atoms with van der Waals surface area (Å²) in [7, 11) is 0. The first kappa shape index (κ1) is 8.06. The topological polar surface area (TPSA) is 9.23 Å². The Morgan fingerprint density at radius 1 is 1.27 bits per heavy atom. The Hall–Kier alpha value is 0.440. The number of fused-ring (bicyclic) bond motifs is 1. The van der Waals surface area contributed by atoms with Crippen LogP contribution in [-0.2, 0) is 4.74 Å². The molecule has 1 aliphatic heterocycles. The van der Waals surface area contributed by atoms with Gasteiger partial charge in [-0.05, 0) is 25.2 Å². The van der Waals surface area contributed by atoms with Crippen LogP contribution in [-0.4, -0.2) is 17.5 Å². The minimum atomic E-state index is 0.517. The van der Waals surface area contributed by atoms with Gasteiger partial charge in [-0.15, -0.1) is 0 Å². The third-order valence-electron chi connectivity index (χ3n) is 2.94. The monoisotopic (exact) mass is 218 g/mol. The lowest BCUT2D eigenvalue weighted by Gasteiger charge is -2.23. The Balaban J connectivity index is 1.92. The SMILES string of the molecule is BrC[C@@H]1C[C@@H]2CCCC[C@H]2O1. The van der Waals surface area contributed by atoms with Crippen molar-refractivity contribution >= 4 is 15.9 Å². The van der Waals surface area contributed by atoms with Gasteiger partial charge in [0.15, 0.2) is 0 Å². The lowest BCUT2D eigenvalue weighted by Crippen LogP contribution is -2.20. The molecule has 0 aromatic rings. The summed E-state index contributed by atoms with van der Waals surface area (Å²) in [5, 5.41) is 1.03. The van der Waals surface area contributed by atoms with Crippen molar-refractivity contribution < 1.29 is 4.74 Å². The average molecular weight is 219 g/mol. The zero-order chi connectivity index (χ0) is 7.68. The molecule has 0 radical (unpaired) electrons. The summed E-state index contributed by atoms with van der Waals surface area (Å²) in [6, 6.07) is 0. The third-order valence-corrected chi connectivity index (χ3v) is 3.67. The maximum atomic E-state index is 5.87. The Bertz CT molecular complexity index is 124. The molecule has 0 unspecified atom stereocenters. The molecule has 1 aliphatic carbocycles. The van der Waals surface area contributed by atoms with E-state index in [0.29, 0.717) is 12.2 Å². The van der Waals surface area contributed by atoms with Gasteiger partial charge in [0.05, 0.1) is 12.2 Å². The largest absolute Gasteiger partial charge is 0.374 e. The third kappa shape index (κ3) is 1.62. The molecule has 0 N–H and O–H groups in total. The number of hydrogen-bond donors (Lipinski definition) is 0. The standard InChI is InChI=1S/C9H15BrO/c10-6-8-5-7-3-1-2-4-9(7)11-8/h7-9H,1-6H2/t7-,8-,9+/m0/s1. The second-order valence-corrected chi connectivity index (χ2v) is 4.38. The molecule has 0 spiro atoms. The minimum absolute atomic E-state index is 0.517. The molecular formula is C9H15BrO. The molecule has 0 aromatic carbocycles. The highest BCUT2D eigenvalue weighted by Gasteiger charge is 2.35. The van der Waals surface area contributed by atoms with Crippen molar-refractivity contribution in [2.75, 3.05) is 5.33 Å². The molecule has 1 nitrogen and oxygen atoms in total. The van der Waals surface area contributed by atoms with Gasteiger partial charge in [0.2, 0.25) is 0 Å². The van der Waals surface area contributed by atoms with E-state index in [-0.39, 0.29) is 0 Å². The summed E-state index contributed by atoms with van der Waals surface area (Å²) in [6.45, 7) is 0. The molecule has 1 heterocycles. The van der Waals surface area contributed by atoms with Crippen LogP contribution in [0.15, 0.2) is 0 Å². The highest BCUT2D eigenvalue weighted by atomic mass is 79.9. The average Bonchev–Trinajstić information content (AvgIpc) is 2.46. The zero-order valence-corrected chi connectivity index (χ0v) is 8.35. The van der Waals surface area contributed by atoms with E-state index in [0.717, 1.165) is 11.2 Å². The number of halogens is 1. The van der Waals surface area contributed by atoms with E-state index in [1.165, 1.54) is 32.1 Å². The van der Waals surface area contributed by atoms with Gasteiger partial charge >= 0.3 is 0 Å². The van der Waals surface area contributed by atoms with Gasteiger partial charge in [0.25, 0.3) is 0 Å². The molecule has 0 aromatic heterocycles. The number of hydrogen-bond acceptors (Lipinski definition) is 1. The van der Waals surface area contributed by atoms with Gasteiger partial charge in [-0.25, -0.2) is 0 Å². The molecule has 2 aliphatic rings. The first-order valence-electron chi connectivity index (χ1n) is 4.61. The van der Waals surface area contributed by atoms with E-state index in [9.17, 15) is 0 Å².